The smallest absolute Gasteiger partial charge is 0.0951 e. The quantitative estimate of drug-likeness (QED) is 0.897. The van der Waals surface area contributed by atoms with Crippen molar-refractivity contribution in [2.24, 2.45) is 11.7 Å². The summed E-state index contributed by atoms with van der Waals surface area (Å²) in [6.45, 7) is 7.25. The maximum absolute atomic E-state index is 6.26. The Hall–Kier alpha value is -1.68. The zero-order valence-corrected chi connectivity index (χ0v) is 11.9. The third-order valence-corrected chi connectivity index (χ3v) is 3.34. The number of rotatable bonds is 5. The van der Waals surface area contributed by atoms with Crippen molar-refractivity contribution < 1.29 is 0 Å². The lowest BCUT2D eigenvalue weighted by molar-refractivity contribution is 0.488. The van der Waals surface area contributed by atoms with E-state index in [0.29, 0.717) is 5.92 Å². The SMILES string of the molecule is Cc1ccncc1Cn1cncc1C(N)CC(C)C. The highest BCUT2D eigenvalue weighted by atomic mass is 15.1. The maximum Gasteiger partial charge on any atom is 0.0951 e. The fraction of sp³-hybridized carbons (Fsp3) is 0.467. The summed E-state index contributed by atoms with van der Waals surface area (Å²) in [4.78, 5) is 8.42. The molecule has 2 aromatic rings. The van der Waals surface area contributed by atoms with Gasteiger partial charge in [0.2, 0.25) is 0 Å². The molecule has 0 bridgehead atoms. The lowest BCUT2D eigenvalue weighted by Crippen LogP contribution is -2.17. The van der Waals surface area contributed by atoms with Gasteiger partial charge in [0.15, 0.2) is 0 Å². The topological polar surface area (TPSA) is 56.7 Å². The number of aromatic nitrogens is 3. The normalized spacial score (nSPS) is 12.9. The van der Waals surface area contributed by atoms with Crippen molar-refractivity contribution >= 4 is 0 Å². The molecule has 4 heteroatoms. The van der Waals surface area contributed by atoms with E-state index >= 15 is 0 Å². The molecule has 2 rings (SSSR count). The van der Waals surface area contributed by atoms with E-state index in [9.17, 15) is 0 Å². The number of nitrogens with two attached hydrogens (primary N) is 1. The highest BCUT2D eigenvalue weighted by Gasteiger charge is 2.13. The molecule has 0 radical (unpaired) electrons. The van der Waals surface area contributed by atoms with Gasteiger partial charge >= 0.3 is 0 Å². The summed E-state index contributed by atoms with van der Waals surface area (Å²) in [6.07, 6.45) is 8.42. The van der Waals surface area contributed by atoms with Gasteiger partial charge in [0.1, 0.15) is 0 Å². The van der Waals surface area contributed by atoms with Gasteiger partial charge in [-0.1, -0.05) is 13.8 Å². The van der Waals surface area contributed by atoms with Crippen LogP contribution in [0, 0.1) is 12.8 Å². The van der Waals surface area contributed by atoms with Gasteiger partial charge in [-0.15, -0.1) is 0 Å². The molecule has 0 aliphatic rings. The average Bonchev–Trinajstić information content (AvgIpc) is 2.79. The van der Waals surface area contributed by atoms with Crippen LogP contribution in [0.4, 0.5) is 0 Å². The van der Waals surface area contributed by atoms with E-state index in [0.717, 1.165) is 18.7 Å². The van der Waals surface area contributed by atoms with Gasteiger partial charge in [-0.25, -0.2) is 4.98 Å². The summed E-state index contributed by atoms with van der Waals surface area (Å²) in [5.41, 5.74) is 9.80. The molecule has 0 aliphatic heterocycles. The Bertz CT molecular complexity index is 530. The lowest BCUT2D eigenvalue weighted by atomic mass is 10.0. The van der Waals surface area contributed by atoms with Crippen molar-refractivity contribution in [2.45, 2.75) is 39.8 Å². The molecule has 0 spiro atoms. The van der Waals surface area contributed by atoms with Gasteiger partial charge in [0, 0.05) is 24.6 Å². The average molecular weight is 258 g/mol. The Morgan fingerprint density at radius 2 is 2.05 bits per heavy atom. The van der Waals surface area contributed by atoms with Crippen LogP contribution in [0.3, 0.4) is 0 Å². The van der Waals surface area contributed by atoms with Crippen LogP contribution < -0.4 is 5.73 Å². The summed E-state index contributed by atoms with van der Waals surface area (Å²) in [5.74, 6) is 0.582. The standard InChI is InChI=1S/C15H22N4/c1-11(2)6-14(16)15-8-18-10-19(15)9-13-7-17-5-4-12(13)3/h4-5,7-8,10-11,14H,6,9,16H2,1-3H3. The van der Waals surface area contributed by atoms with Gasteiger partial charge in [-0.3, -0.25) is 4.98 Å². The Morgan fingerprint density at radius 3 is 2.74 bits per heavy atom. The number of hydrogen-bond acceptors (Lipinski definition) is 3. The Morgan fingerprint density at radius 1 is 1.26 bits per heavy atom. The van der Waals surface area contributed by atoms with E-state index in [2.05, 4.69) is 35.3 Å². The van der Waals surface area contributed by atoms with E-state index in [1.807, 2.05) is 31.0 Å². The largest absolute Gasteiger partial charge is 0.329 e. The molecule has 2 N–H and O–H groups in total. The third-order valence-electron chi connectivity index (χ3n) is 3.34. The molecule has 0 saturated carbocycles. The number of nitrogens with zero attached hydrogens (tertiary/aromatic N) is 3. The second-order valence-corrected chi connectivity index (χ2v) is 5.48. The van der Waals surface area contributed by atoms with Crippen molar-refractivity contribution in [3.63, 3.8) is 0 Å². The number of aryl methyl sites for hydroxylation is 1. The zero-order valence-electron chi connectivity index (χ0n) is 11.9. The fourth-order valence-corrected chi connectivity index (χ4v) is 2.25. The predicted molar refractivity (Wildman–Crippen MR) is 76.7 cm³/mol. The summed E-state index contributed by atoms with van der Waals surface area (Å²) in [6, 6.07) is 2.07. The van der Waals surface area contributed by atoms with Crippen LogP contribution in [0.2, 0.25) is 0 Å². The molecule has 0 amide bonds. The highest BCUT2D eigenvalue weighted by molar-refractivity contribution is 5.22. The fourth-order valence-electron chi connectivity index (χ4n) is 2.25. The van der Waals surface area contributed by atoms with Gasteiger partial charge < -0.3 is 10.3 Å². The first-order chi connectivity index (χ1) is 9.08. The van der Waals surface area contributed by atoms with Crippen LogP contribution in [0.5, 0.6) is 0 Å². The molecule has 1 atom stereocenters. The van der Waals surface area contributed by atoms with E-state index < -0.39 is 0 Å². The monoisotopic (exact) mass is 258 g/mol. The van der Waals surface area contributed by atoms with Gasteiger partial charge in [0.05, 0.1) is 18.6 Å². The van der Waals surface area contributed by atoms with Crippen LogP contribution in [-0.4, -0.2) is 14.5 Å². The summed E-state index contributed by atoms with van der Waals surface area (Å²) < 4.78 is 2.12. The molecule has 4 nitrogen and oxygen atoms in total. The van der Waals surface area contributed by atoms with Gasteiger partial charge in [-0.2, -0.15) is 0 Å². The second-order valence-electron chi connectivity index (χ2n) is 5.48. The highest BCUT2D eigenvalue weighted by Crippen LogP contribution is 2.19. The molecule has 19 heavy (non-hydrogen) atoms. The third kappa shape index (κ3) is 3.41. The van der Waals surface area contributed by atoms with Crippen LogP contribution in [-0.2, 0) is 6.54 Å². The molecule has 2 heterocycles. The minimum Gasteiger partial charge on any atom is -0.329 e. The Kier molecular flexibility index (Phi) is 4.32. The van der Waals surface area contributed by atoms with E-state index in [1.165, 1.54) is 11.1 Å². The van der Waals surface area contributed by atoms with Crippen molar-refractivity contribution in [2.75, 3.05) is 0 Å². The Balaban J connectivity index is 2.18. The Labute approximate surface area is 114 Å². The maximum atomic E-state index is 6.26. The first kappa shape index (κ1) is 13.7. The molecular formula is C15H22N4. The van der Waals surface area contributed by atoms with E-state index in [1.54, 1.807) is 0 Å². The molecule has 0 aromatic carbocycles. The van der Waals surface area contributed by atoms with E-state index in [4.69, 9.17) is 5.73 Å². The summed E-state index contributed by atoms with van der Waals surface area (Å²) >= 11 is 0. The van der Waals surface area contributed by atoms with Crippen molar-refractivity contribution in [1.82, 2.24) is 14.5 Å². The number of hydrogen-bond donors (Lipinski definition) is 1. The minimum absolute atomic E-state index is 0.0412. The first-order valence-corrected chi connectivity index (χ1v) is 6.73. The van der Waals surface area contributed by atoms with Gasteiger partial charge in [-0.05, 0) is 36.5 Å². The van der Waals surface area contributed by atoms with Crippen LogP contribution in [0.15, 0.2) is 31.0 Å². The summed E-state index contributed by atoms with van der Waals surface area (Å²) in [5, 5.41) is 0. The molecule has 1 unspecified atom stereocenters. The van der Waals surface area contributed by atoms with Gasteiger partial charge in [0.25, 0.3) is 0 Å². The minimum atomic E-state index is 0.0412. The van der Waals surface area contributed by atoms with E-state index in [-0.39, 0.29) is 6.04 Å². The lowest BCUT2D eigenvalue weighted by Gasteiger charge is -2.17. The molecule has 2 aromatic heterocycles. The zero-order chi connectivity index (χ0) is 13.8. The van der Waals surface area contributed by atoms with Crippen LogP contribution in [0.25, 0.3) is 0 Å². The molecule has 0 aliphatic carbocycles. The molecule has 0 saturated heterocycles. The van der Waals surface area contributed by atoms with Crippen LogP contribution >= 0.6 is 0 Å². The molecular weight excluding hydrogens is 236 g/mol. The molecule has 102 valence electrons. The number of pyridine rings is 1. The second kappa shape index (κ2) is 5.97. The first-order valence-electron chi connectivity index (χ1n) is 6.73. The predicted octanol–water partition coefficient (Wildman–Crippen LogP) is 2.68. The van der Waals surface area contributed by atoms with Crippen molar-refractivity contribution in [3.8, 4) is 0 Å². The summed E-state index contributed by atoms with van der Waals surface area (Å²) in [7, 11) is 0. The number of imidazole rings is 1. The van der Waals surface area contributed by atoms with Crippen LogP contribution in [0.1, 0.15) is 43.1 Å². The van der Waals surface area contributed by atoms with Crippen molar-refractivity contribution in [3.05, 3.63) is 47.8 Å². The van der Waals surface area contributed by atoms with Crippen molar-refractivity contribution in [1.29, 1.82) is 0 Å². The molecule has 0 fully saturated rings.